The average molecular weight is 314 g/mol. The number of carbonyl (C=O) groups is 2. The van der Waals surface area contributed by atoms with E-state index in [1.807, 2.05) is 0 Å². The van der Waals surface area contributed by atoms with Crippen molar-refractivity contribution in [2.75, 3.05) is 18.1 Å². The van der Waals surface area contributed by atoms with Crippen LogP contribution in [0, 0.1) is 0 Å². The first-order valence-electron chi connectivity index (χ1n) is 6.64. The summed E-state index contributed by atoms with van der Waals surface area (Å²) in [6, 6.07) is 6.57. The molecule has 1 aromatic rings. The number of anilines is 1. The Hall–Kier alpha value is -1.75. The fraction of sp³-hybridized carbons (Fsp3) is 0.467. The second kappa shape index (κ2) is 7.31. The van der Waals surface area contributed by atoms with Gasteiger partial charge in [0.05, 0.1) is 6.61 Å². The van der Waals surface area contributed by atoms with Gasteiger partial charge < -0.3 is 9.47 Å². The molecular formula is C15H20ClNO4. The van der Waals surface area contributed by atoms with Crippen molar-refractivity contribution >= 4 is 29.4 Å². The van der Waals surface area contributed by atoms with Crippen LogP contribution in [-0.4, -0.2) is 30.8 Å². The zero-order valence-electron chi connectivity index (χ0n) is 12.7. The van der Waals surface area contributed by atoms with Gasteiger partial charge in [0.25, 0.3) is 0 Å². The van der Waals surface area contributed by atoms with E-state index in [4.69, 9.17) is 21.1 Å². The molecule has 0 aliphatic heterocycles. The Bertz CT molecular complexity index is 493. The fourth-order valence-electron chi connectivity index (χ4n) is 1.54. The monoisotopic (exact) mass is 313 g/mol. The molecule has 0 radical (unpaired) electrons. The van der Waals surface area contributed by atoms with Gasteiger partial charge in [-0.25, -0.2) is 4.79 Å². The van der Waals surface area contributed by atoms with Crippen LogP contribution in [-0.2, 0) is 14.3 Å². The van der Waals surface area contributed by atoms with Crippen LogP contribution in [0.4, 0.5) is 10.5 Å². The van der Waals surface area contributed by atoms with Gasteiger partial charge in [-0.3, -0.25) is 9.69 Å². The number of amides is 1. The Morgan fingerprint density at radius 2 is 1.76 bits per heavy atom. The van der Waals surface area contributed by atoms with Crippen LogP contribution >= 0.6 is 11.6 Å². The maximum absolute atomic E-state index is 12.2. The van der Waals surface area contributed by atoms with E-state index in [9.17, 15) is 9.59 Å². The van der Waals surface area contributed by atoms with Crippen LogP contribution in [0.25, 0.3) is 0 Å². The molecule has 21 heavy (non-hydrogen) atoms. The van der Waals surface area contributed by atoms with Crippen LogP contribution in [0.15, 0.2) is 24.3 Å². The zero-order valence-corrected chi connectivity index (χ0v) is 13.4. The van der Waals surface area contributed by atoms with Crippen molar-refractivity contribution in [2.45, 2.75) is 33.3 Å². The van der Waals surface area contributed by atoms with Gasteiger partial charge in [0.1, 0.15) is 12.1 Å². The van der Waals surface area contributed by atoms with Crippen molar-refractivity contribution in [2.24, 2.45) is 0 Å². The highest BCUT2D eigenvalue weighted by molar-refractivity contribution is 6.30. The predicted octanol–water partition coefficient (Wildman–Crippen LogP) is 3.64. The third-order valence-electron chi connectivity index (χ3n) is 2.34. The molecule has 0 aromatic heterocycles. The number of hydrogen-bond acceptors (Lipinski definition) is 4. The lowest BCUT2D eigenvalue weighted by Crippen LogP contribution is -2.40. The van der Waals surface area contributed by atoms with E-state index in [-0.39, 0.29) is 13.2 Å². The van der Waals surface area contributed by atoms with Crippen LogP contribution in [0.5, 0.6) is 0 Å². The normalized spacial score (nSPS) is 10.9. The summed E-state index contributed by atoms with van der Waals surface area (Å²) < 4.78 is 10.2. The van der Waals surface area contributed by atoms with Gasteiger partial charge in [-0.05, 0) is 52.0 Å². The lowest BCUT2D eigenvalue weighted by Gasteiger charge is -2.26. The van der Waals surface area contributed by atoms with Crippen molar-refractivity contribution in [3.8, 4) is 0 Å². The molecule has 0 heterocycles. The number of benzene rings is 1. The SMILES string of the molecule is CCOC(=O)CN(C(=O)OC(C)(C)C)c1ccc(Cl)cc1. The predicted molar refractivity (Wildman–Crippen MR) is 81.7 cm³/mol. The van der Waals surface area contributed by atoms with E-state index < -0.39 is 17.7 Å². The van der Waals surface area contributed by atoms with Crippen LogP contribution in [0.2, 0.25) is 5.02 Å². The molecule has 0 atom stereocenters. The van der Waals surface area contributed by atoms with Crippen LogP contribution < -0.4 is 4.90 Å². The zero-order chi connectivity index (χ0) is 16.0. The van der Waals surface area contributed by atoms with Crippen molar-refractivity contribution < 1.29 is 19.1 Å². The van der Waals surface area contributed by atoms with Gasteiger partial charge in [-0.15, -0.1) is 0 Å². The quantitative estimate of drug-likeness (QED) is 0.796. The van der Waals surface area contributed by atoms with E-state index in [0.717, 1.165) is 0 Å². The minimum absolute atomic E-state index is 0.218. The molecule has 0 saturated heterocycles. The van der Waals surface area contributed by atoms with Crippen molar-refractivity contribution in [1.82, 2.24) is 0 Å². The molecule has 1 aromatic carbocycles. The molecule has 1 rings (SSSR count). The maximum atomic E-state index is 12.2. The van der Waals surface area contributed by atoms with E-state index in [1.54, 1.807) is 52.0 Å². The molecule has 6 heteroatoms. The fourth-order valence-corrected chi connectivity index (χ4v) is 1.66. The minimum atomic E-state index is -0.656. The van der Waals surface area contributed by atoms with E-state index in [2.05, 4.69) is 0 Å². The lowest BCUT2D eigenvalue weighted by atomic mass is 10.2. The molecule has 0 fully saturated rings. The number of halogens is 1. The molecule has 5 nitrogen and oxygen atoms in total. The van der Waals surface area contributed by atoms with Crippen molar-refractivity contribution in [1.29, 1.82) is 0 Å². The van der Waals surface area contributed by atoms with E-state index in [1.165, 1.54) is 4.90 Å². The second-order valence-corrected chi connectivity index (χ2v) is 5.78. The number of carbonyl (C=O) groups excluding carboxylic acids is 2. The van der Waals surface area contributed by atoms with Gasteiger partial charge in [0, 0.05) is 10.7 Å². The topological polar surface area (TPSA) is 55.8 Å². The highest BCUT2D eigenvalue weighted by Gasteiger charge is 2.25. The largest absolute Gasteiger partial charge is 0.465 e. The molecular weight excluding hydrogens is 294 g/mol. The highest BCUT2D eigenvalue weighted by Crippen LogP contribution is 2.20. The Morgan fingerprint density at radius 1 is 1.19 bits per heavy atom. The summed E-state index contributed by atoms with van der Waals surface area (Å²) in [6.45, 7) is 7.02. The first kappa shape index (κ1) is 17.3. The van der Waals surface area contributed by atoms with Gasteiger partial charge in [-0.2, -0.15) is 0 Å². The van der Waals surface area contributed by atoms with Gasteiger partial charge >= 0.3 is 12.1 Å². The smallest absolute Gasteiger partial charge is 0.415 e. The second-order valence-electron chi connectivity index (χ2n) is 5.35. The summed E-state index contributed by atoms with van der Waals surface area (Å²) in [7, 11) is 0. The number of nitrogens with zero attached hydrogens (tertiary/aromatic N) is 1. The van der Waals surface area contributed by atoms with Crippen LogP contribution in [0.1, 0.15) is 27.7 Å². The number of ether oxygens (including phenoxy) is 2. The molecule has 0 aliphatic rings. The van der Waals surface area contributed by atoms with E-state index >= 15 is 0 Å². The molecule has 0 N–H and O–H groups in total. The molecule has 116 valence electrons. The van der Waals surface area contributed by atoms with Gasteiger partial charge in [-0.1, -0.05) is 11.6 Å². The Kier molecular flexibility index (Phi) is 6.03. The standard InChI is InChI=1S/C15H20ClNO4/c1-5-20-13(18)10-17(14(19)21-15(2,3)4)12-8-6-11(16)7-9-12/h6-9H,5,10H2,1-4H3. The first-order chi connectivity index (χ1) is 9.73. The van der Waals surface area contributed by atoms with Crippen molar-refractivity contribution in [3.63, 3.8) is 0 Å². The summed E-state index contributed by atoms with van der Waals surface area (Å²) >= 11 is 5.83. The van der Waals surface area contributed by atoms with E-state index in [0.29, 0.717) is 10.7 Å². The Morgan fingerprint density at radius 3 is 2.24 bits per heavy atom. The summed E-state index contributed by atoms with van der Waals surface area (Å²) in [5.74, 6) is -0.502. The average Bonchev–Trinajstić information content (AvgIpc) is 2.35. The highest BCUT2D eigenvalue weighted by atomic mass is 35.5. The van der Waals surface area contributed by atoms with Crippen LogP contribution in [0.3, 0.4) is 0 Å². The first-order valence-corrected chi connectivity index (χ1v) is 7.02. The molecule has 0 aliphatic carbocycles. The summed E-state index contributed by atoms with van der Waals surface area (Å²) in [5, 5.41) is 0.541. The molecule has 0 unspecified atom stereocenters. The maximum Gasteiger partial charge on any atom is 0.415 e. The van der Waals surface area contributed by atoms with Crippen molar-refractivity contribution in [3.05, 3.63) is 29.3 Å². The molecule has 0 saturated carbocycles. The third-order valence-corrected chi connectivity index (χ3v) is 2.60. The lowest BCUT2D eigenvalue weighted by molar-refractivity contribution is -0.141. The van der Waals surface area contributed by atoms with Gasteiger partial charge in [0.15, 0.2) is 0 Å². The third kappa shape index (κ3) is 6.04. The molecule has 1 amide bonds. The van der Waals surface area contributed by atoms with Gasteiger partial charge in [0.2, 0.25) is 0 Å². The Labute approximate surface area is 129 Å². The summed E-state index contributed by atoms with van der Waals surface area (Å²) in [4.78, 5) is 25.1. The number of hydrogen-bond donors (Lipinski definition) is 0. The molecule has 0 bridgehead atoms. The number of esters is 1. The Balaban J connectivity index is 2.96. The summed E-state index contributed by atoms with van der Waals surface area (Å²) in [6.07, 6.45) is -0.613. The number of rotatable bonds is 4. The summed E-state index contributed by atoms with van der Waals surface area (Å²) in [5.41, 5.74) is -0.141. The minimum Gasteiger partial charge on any atom is -0.465 e. The molecule has 0 spiro atoms.